The van der Waals surface area contributed by atoms with E-state index in [1.165, 1.54) is 6.07 Å². The van der Waals surface area contributed by atoms with E-state index < -0.39 is 11.7 Å². The summed E-state index contributed by atoms with van der Waals surface area (Å²) in [4.78, 5) is 14.9. The van der Waals surface area contributed by atoms with Gasteiger partial charge in [0.25, 0.3) is 5.91 Å². The summed E-state index contributed by atoms with van der Waals surface area (Å²) in [6, 6.07) is 5.77. The number of benzene rings is 1. The molecule has 0 spiro atoms. The molecule has 2 aliphatic rings. The molecule has 4 rings (SSSR count). The predicted molar refractivity (Wildman–Crippen MR) is 106 cm³/mol. The first-order chi connectivity index (χ1) is 13.9. The Hall–Kier alpha value is -2.98. The van der Waals surface area contributed by atoms with Crippen LogP contribution >= 0.6 is 0 Å². The molecular weight excluding hydrogens is 377 g/mol. The molecule has 1 amide bonds. The Morgan fingerprint density at radius 3 is 2.62 bits per heavy atom. The predicted octanol–water partition coefficient (Wildman–Crippen LogP) is 5.26. The molecule has 1 aromatic heterocycles. The van der Waals surface area contributed by atoms with Crippen LogP contribution in [0.5, 0.6) is 0 Å². The molecule has 6 heteroatoms. The highest BCUT2D eigenvalue weighted by molar-refractivity contribution is 5.99. The number of piperidine rings is 1. The van der Waals surface area contributed by atoms with Crippen LogP contribution < -0.4 is 0 Å². The van der Waals surface area contributed by atoms with E-state index in [0.29, 0.717) is 37.1 Å². The molecule has 1 saturated heterocycles. The first kappa shape index (κ1) is 19.3. The molecule has 2 aromatic rings. The third-order valence-electron chi connectivity index (χ3n) is 5.66. The number of aryl methyl sites for hydroxylation is 1. The molecular formula is C23H21F3N2O. The topological polar surface area (TPSA) is 25.2 Å². The second-order valence-corrected chi connectivity index (χ2v) is 7.44. The number of amides is 1. The summed E-state index contributed by atoms with van der Waals surface area (Å²) in [5.41, 5.74) is 5.16. The van der Waals surface area contributed by atoms with Gasteiger partial charge in [-0.05, 0) is 48.6 Å². The van der Waals surface area contributed by atoms with E-state index in [0.717, 1.165) is 17.3 Å². The second-order valence-electron chi connectivity index (χ2n) is 7.44. The summed E-state index contributed by atoms with van der Waals surface area (Å²) >= 11 is 0. The van der Waals surface area contributed by atoms with Crippen molar-refractivity contribution in [2.24, 2.45) is 7.05 Å². The van der Waals surface area contributed by atoms with E-state index in [9.17, 15) is 18.0 Å². The monoisotopic (exact) mass is 398 g/mol. The van der Waals surface area contributed by atoms with Crippen molar-refractivity contribution < 1.29 is 18.0 Å². The lowest BCUT2D eigenvalue weighted by atomic mass is 9.86. The maximum Gasteiger partial charge on any atom is 0.416 e. The Morgan fingerprint density at radius 1 is 1.17 bits per heavy atom. The summed E-state index contributed by atoms with van der Waals surface area (Å²) in [5, 5.41) is 0. The van der Waals surface area contributed by atoms with Crippen LogP contribution in [0.15, 0.2) is 48.3 Å². The molecule has 0 radical (unpaired) electrons. The fourth-order valence-electron chi connectivity index (χ4n) is 4.19. The number of fused-ring (bicyclic) bond motifs is 1. The summed E-state index contributed by atoms with van der Waals surface area (Å²) in [6.45, 7) is 0.878. The van der Waals surface area contributed by atoms with Crippen molar-refractivity contribution in [3.05, 3.63) is 76.3 Å². The number of nitrogens with zero attached hydrogens (tertiary/aromatic N) is 2. The molecule has 0 N–H and O–H groups in total. The number of likely N-dealkylation sites (tertiary alicyclic amines) is 1. The van der Waals surface area contributed by atoms with Gasteiger partial charge in [0.1, 0.15) is 0 Å². The Balaban J connectivity index is 1.53. The fraction of sp³-hybridized carbons (Fsp3) is 0.304. The van der Waals surface area contributed by atoms with Gasteiger partial charge >= 0.3 is 6.18 Å². The Morgan fingerprint density at radius 2 is 1.90 bits per heavy atom. The van der Waals surface area contributed by atoms with E-state index >= 15 is 0 Å². The van der Waals surface area contributed by atoms with Crippen LogP contribution in [0.3, 0.4) is 0 Å². The van der Waals surface area contributed by atoms with Gasteiger partial charge in [0, 0.05) is 37.6 Å². The summed E-state index contributed by atoms with van der Waals surface area (Å²) in [7, 11) is 1.89. The van der Waals surface area contributed by atoms with Gasteiger partial charge in [-0.3, -0.25) is 4.79 Å². The minimum absolute atomic E-state index is 0.0854. The Kier molecular flexibility index (Phi) is 4.97. The zero-order chi connectivity index (χ0) is 20.6. The molecule has 2 heterocycles. The van der Waals surface area contributed by atoms with Crippen LogP contribution in [-0.4, -0.2) is 28.5 Å². The van der Waals surface area contributed by atoms with Crippen molar-refractivity contribution in [1.29, 1.82) is 0 Å². The number of alkyl halides is 3. The lowest BCUT2D eigenvalue weighted by Crippen LogP contribution is -2.38. The van der Waals surface area contributed by atoms with Crippen molar-refractivity contribution in [1.82, 2.24) is 9.47 Å². The molecule has 29 heavy (non-hydrogen) atoms. The number of carbonyl (C=O) groups excluding carboxylic acids is 1. The molecule has 1 aliphatic heterocycles. The van der Waals surface area contributed by atoms with E-state index in [4.69, 9.17) is 0 Å². The highest BCUT2D eigenvalue weighted by Gasteiger charge is 2.36. The van der Waals surface area contributed by atoms with Crippen LogP contribution in [-0.2, 0) is 13.2 Å². The van der Waals surface area contributed by atoms with Crippen molar-refractivity contribution in [2.75, 3.05) is 13.1 Å². The molecule has 1 aromatic carbocycles. The molecule has 0 atom stereocenters. The first-order valence-electron chi connectivity index (χ1n) is 9.60. The highest BCUT2D eigenvalue weighted by Crippen LogP contribution is 2.39. The van der Waals surface area contributed by atoms with Crippen molar-refractivity contribution in [3.63, 3.8) is 0 Å². The number of aromatic nitrogens is 1. The number of hydrogen-bond donors (Lipinski definition) is 0. The SMILES string of the molecule is Cn1cc(C(=O)N2CCC(c3ccccc3C(F)(F)F)CC2)c2c1C=CC=C=C2. The molecule has 1 fully saturated rings. The quantitative estimate of drug-likeness (QED) is 0.634. The summed E-state index contributed by atoms with van der Waals surface area (Å²) in [6.07, 6.45) is 5.88. The first-order valence-corrected chi connectivity index (χ1v) is 9.60. The number of carbonyl (C=O) groups is 1. The molecule has 0 bridgehead atoms. The number of halogens is 3. The van der Waals surface area contributed by atoms with Crippen LogP contribution in [0, 0.1) is 0 Å². The standard InChI is InChI=1S/C23H21F3N2O/c1-27-15-19(18-8-3-2-4-10-21(18)27)22(29)28-13-11-16(12-14-28)17-7-5-6-9-20(17)23(24,25)26/h2,4-10,15-16H,11-14H2,1H3. The summed E-state index contributed by atoms with van der Waals surface area (Å²) in [5.74, 6) is -0.284. The molecule has 0 saturated carbocycles. The zero-order valence-corrected chi connectivity index (χ0v) is 16.0. The number of rotatable bonds is 2. The molecule has 0 unspecified atom stereocenters. The van der Waals surface area contributed by atoms with Crippen LogP contribution in [0.4, 0.5) is 13.2 Å². The fourth-order valence-corrected chi connectivity index (χ4v) is 4.19. The van der Waals surface area contributed by atoms with E-state index in [-0.39, 0.29) is 11.8 Å². The average molecular weight is 398 g/mol. The van der Waals surface area contributed by atoms with Crippen molar-refractivity contribution >= 4 is 18.1 Å². The maximum atomic E-state index is 13.3. The van der Waals surface area contributed by atoms with E-state index in [1.807, 2.05) is 30.0 Å². The largest absolute Gasteiger partial charge is 0.416 e. The van der Waals surface area contributed by atoms with Crippen molar-refractivity contribution in [3.8, 4) is 0 Å². The molecule has 1 aliphatic carbocycles. The third kappa shape index (κ3) is 3.68. The second kappa shape index (κ2) is 7.45. The van der Waals surface area contributed by atoms with Gasteiger partial charge in [-0.1, -0.05) is 24.3 Å². The minimum atomic E-state index is -4.36. The van der Waals surface area contributed by atoms with Gasteiger partial charge in [-0.25, -0.2) is 0 Å². The number of hydrogen-bond acceptors (Lipinski definition) is 1. The highest BCUT2D eigenvalue weighted by atomic mass is 19.4. The molecule has 150 valence electrons. The van der Waals surface area contributed by atoms with Gasteiger partial charge in [0.2, 0.25) is 0 Å². The normalized spacial score (nSPS) is 16.8. The average Bonchev–Trinajstić information content (AvgIpc) is 2.88. The van der Waals surface area contributed by atoms with Crippen molar-refractivity contribution in [2.45, 2.75) is 24.9 Å². The van der Waals surface area contributed by atoms with Gasteiger partial charge in [-0.15, -0.1) is 5.73 Å². The maximum absolute atomic E-state index is 13.3. The Labute approximate surface area is 167 Å². The minimum Gasteiger partial charge on any atom is -0.350 e. The van der Waals surface area contributed by atoms with Crippen LogP contribution in [0.2, 0.25) is 0 Å². The smallest absolute Gasteiger partial charge is 0.350 e. The van der Waals surface area contributed by atoms with Crippen LogP contribution in [0.25, 0.3) is 12.2 Å². The van der Waals surface area contributed by atoms with Gasteiger partial charge < -0.3 is 9.47 Å². The van der Waals surface area contributed by atoms with Crippen LogP contribution in [0.1, 0.15) is 51.5 Å². The number of allylic oxidation sites excluding steroid dienone is 2. The third-order valence-corrected chi connectivity index (χ3v) is 5.66. The van der Waals surface area contributed by atoms with Gasteiger partial charge in [0.15, 0.2) is 0 Å². The molecule has 3 nitrogen and oxygen atoms in total. The van der Waals surface area contributed by atoms with E-state index in [1.54, 1.807) is 29.2 Å². The Bertz CT molecular complexity index is 1030. The zero-order valence-electron chi connectivity index (χ0n) is 16.0. The van der Waals surface area contributed by atoms with Gasteiger partial charge in [-0.2, -0.15) is 13.2 Å². The van der Waals surface area contributed by atoms with Gasteiger partial charge in [0.05, 0.1) is 11.1 Å². The lowest BCUT2D eigenvalue weighted by Gasteiger charge is -2.33. The lowest BCUT2D eigenvalue weighted by molar-refractivity contribution is -0.138. The van der Waals surface area contributed by atoms with E-state index in [2.05, 4.69) is 5.73 Å². The summed E-state index contributed by atoms with van der Waals surface area (Å²) < 4.78 is 41.9.